The van der Waals surface area contributed by atoms with E-state index in [-0.39, 0.29) is 17.0 Å². The Labute approximate surface area is 183 Å². The van der Waals surface area contributed by atoms with Crippen molar-refractivity contribution >= 4 is 33.1 Å². The quantitative estimate of drug-likeness (QED) is 0.401. The number of H-pyrrole nitrogens is 2. The second-order valence-electron chi connectivity index (χ2n) is 8.74. The van der Waals surface area contributed by atoms with E-state index in [9.17, 15) is 9.59 Å². The second-order valence-corrected chi connectivity index (χ2v) is 8.74. The summed E-state index contributed by atoms with van der Waals surface area (Å²) < 4.78 is 8.18. The van der Waals surface area contributed by atoms with Gasteiger partial charge in [0.15, 0.2) is 11.0 Å². The molecule has 1 saturated carbocycles. The minimum absolute atomic E-state index is 0.110. The van der Waals surface area contributed by atoms with Crippen molar-refractivity contribution in [3.05, 3.63) is 63.3 Å². The molecule has 0 amide bonds. The highest BCUT2D eigenvalue weighted by Crippen LogP contribution is 2.39. The fraction of sp³-hybridized carbons (Fsp3) is 0.320. The first kappa shape index (κ1) is 19.1. The standard InChI is InChI=1S/C25H24N4O3/c30-17-10-11-18-19(13-17)32-23-20(15-7-6-12-26-14-15)21-24(27-22(18)23)29(28-25(21)31)16-8-4-2-1-3-5-9-16/h6-7,10-14,16,27H,1-5,8-9H2,(H,28,31). The van der Waals surface area contributed by atoms with Crippen LogP contribution in [0.4, 0.5) is 0 Å². The van der Waals surface area contributed by atoms with Gasteiger partial charge in [0.25, 0.3) is 5.56 Å². The Morgan fingerprint density at radius 3 is 2.62 bits per heavy atom. The predicted octanol–water partition coefficient (Wildman–Crippen LogP) is 5.26. The van der Waals surface area contributed by atoms with E-state index in [1.165, 1.54) is 31.4 Å². The van der Waals surface area contributed by atoms with Crippen LogP contribution in [0.15, 0.2) is 56.7 Å². The molecule has 1 aliphatic rings. The van der Waals surface area contributed by atoms with E-state index in [0.717, 1.165) is 47.8 Å². The number of aromatic nitrogens is 4. The number of pyridine rings is 2. The van der Waals surface area contributed by atoms with E-state index in [0.29, 0.717) is 22.1 Å². The lowest BCUT2D eigenvalue weighted by Gasteiger charge is -2.21. The zero-order valence-corrected chi connectivity index (χ0v) is 17.7. The first-order chi connectivity index (χ1) is 15.7. The van der Waals surface area contributed by atoms with Crippen molar-refractivity contribution in [1.82, 2.24) is 19.7 Å². The number of fused-ring (bicyclic) bond motifs is 4. The maximum atomic E-state index is 13.3. The Morgan fingerprint density at radius 2 is 1.84 bits per heavy atom. The number of hydrogen-bond acceptors (Lipinski definition) is 4. The predicted molar refractivity (Wildman–Crippen MR) is 125 cm³/mol. The molecule has 7 heteroatoms. The van der Waals surface area contributed by atoms with Crippen molar-refractivity contribution in [3.8, 4) is 11.1 Å². The lowest BCUT2D eigenvalue weighted by Crippen LogP contribution is -2.15. The molecule has 0 aliphatic heterocycles. The van der Waals surface area contributed by atoms with Crippen LogP contribution in [0.2, 0.25) is 0 Å². The molecule has 1 fully saturated rings. The third kappa shape index (κ3) is 2.99. The highest BCUT2D eigenvalue weighted by atomic mass is 16.3. The smallest absolute Gasteiger partial charge is 0.274 e. The van der Waals surface area contributed by atoms with E-state index >= 15 is 0 Å². The Kier molecular flexibility index (Phi) is 4.48. The fourth-order valence-electron chi connectivity index (χ4n) is 5.17. The molecule has 2 N–H and O–H groups in total. The van der Waals surface area contributed by atoms with Crippen molar-refractivity contribution in [1.29, 1.82) is 0 Å². The molecule has 0 saturated heterocycles. The molecule has 0 radical (unpaired) electrons. The maximum Gasteiger partial charge on any atom is 0.274 e. The van der Waals surface area contributed by atoms with Crippen LogP contribution in [0.25, 0.3) is 44.2 Å². The topological polar surface area (TPSA) is 96.7 Å². The molecule has 32 heavy (non-hydrogen) atoms. The third-order valence-corrected chi connectivity index (χ3v) is 6.70. The first-order valence-electron chi connectivity index (χ1n) is 11.3. The van der Waals surface area contributed by atoms with Crippen molar-refractivity contribution in [2.45, 2.75) is 51.0 Å². The van der Waals surface area contributed by atoms with E-state index in [1.807, 2.05) is 16.8 Å². The van der Waals surface area contributed by atoms with Crippen LogP contribution in [-0.4, -0.2) is 19.7 Å². The van der Waals surface area contributed by atoms with Gasteiger partial charge < -0.3 is 9.40 Å². The van der Waals surface area contributed by atoms with Crippen molar-refractivity contribution in [2.24, 2.45) is 0 Å². The molecule has 5 aromatic rings. The van der Waals surface area contributed by atoms with Gasteiger partial charge in [0.2, 0.25) is 0 Å². The van der Waals surface area contributed by atoms with Crippen molar-refractivity contribution in [2.75, 3.05) is 0 Å². The molecule has 7 nitrogen and oxygen atoms in total. The number of nitrogens with zero attached hydrogens (tertiary/aromatic N) is 2. The van der Waals surface area contributed by atoms with Gasteiger partial charge in [-0.05, 0) is 31.0 Å². The van der Waals surface area contributed by atoms with Gasteiger partial charge in [0, 0.05) is 35.0 Å². The average molecular weight is 428 g/mol. The second kappa shape index (κ2) is 7.51. The number of furan rings is 1. The summed E-state index contributed by atoms with van der Waals surface area (Å²) in [7, 11) is 0. The zero-order valence-electron chi connectivity index (χ0n) is 17.7. The molecule has 4 heterocycles. The molecule has 0 bridgehead atoms. The highest BCUT2D eigenvalue weighted by Gasteiger charge is 2.24. The van der Waals surface area contributed by atoms with Crippen LogP contribution < -0.4 is 11.0 Å². The summed E-state index contributed by atoms with van der Waals surface area (Å²) in [6.45, 7) is 0. The molecule has 162 valence electrons. The summed E-state index contributed by atoms with van der Waals surface area (Å²) in [6.07, 6.45) is 11.6. The highest BCUT2D eigenvalue weighted by molar-refractivity contribution is 6.14. The molecule has 6 rings (SSSR count). The number of nitrogens with one attached hydrogen (secondary N) is 2. The number of rotatable bonds is 2. The molecule has 1 aliphatic carbocycles. The largest absolute Gasteiger partial charge is 0.454 e. The summed E-state index contributed by atoms with van der Waals surface area (Å²) in [5.74, 6) is 0. The fourth-order valence-corrected chi connectivity index (χ4v) is 5.17. The van der Waals surface area contributed by atoms with Crippen LogP contribution in [0.3, 0.4) is 0 Å². The van der Waals surface area contributed by atoms with E-state index in [2.05, 4.69) is 15.1 Å². The molecule has 0 spiro atoms. The number of hydrogen-bond donors (Lipinski definition) is 2. The maximum absolute atomic E-state index is 13.3. The Balaban J connectivity index is 1.71. The molecular formula is C25H24N4O3. The third-order valence-electron chi connectivity index (χ3n) is 6.70. The minimum Gasteiger partial charge on any atom is -0.454 e. The van der Waals surface area contributed by atoms with Crippen LogP contribution in [0, 0.1) is 0 Å². The summed E-state index contributed by atoms with van der Waals surface area (Å²) in [5, 5.41) is 4.51. The lowest BCUT2D eigenvalue weighted by atomic mass is 9.97. The normalized spacial score (nSPS) is 16.0. The van der Waals surface area contributed by atoms with Crippen molar-refractivity contribution in [3.63, 3.8) is 0 Å². The Bertz CT molecular complexity index is 1550. The summed E-state index contributed by atoms with van der Waals surface area (Å²) in [5.41, 5.74) is 3.87. The minimum atomic E-state index is -0.149. The van der Waals surface area contributed by atoms with Crippen LogP contribution in [-0.2, 0) is 0 Å². The van der Waals surface area contributed by atoms with Crippen LogP contribution in [0.1, 0.15) is 51.0 Å². The van der Waals surface area contributed by atoms with Gasteiger partial charge in [-0.1, -0.05) is 38.2 Å². The van der Waals surface area contributed by atoms with Crippen LogP contribution in [0.5, 0.6) is 0 Å². The SMILES string of the molecule is O=c1ccc2c(c1)oc1c(-c3cccnc3)c3c(=O)[nH]n(C4CCCCCCC4)c3[nH]c12. The van der Waals surface area contributed by atoms with Gasteiger partial charge in [-0.3, -0.25) is 24.4 Å². The molecule has 0 unspecified atom stereocenters. The number of aromatic amines is 2. The summed E-state index contributed by atoms with van der Waals surface area (Å²) in [4.78, 5) is 33.0. The Morgan fingerprint density at radius 1 is 1.03 bits per heavy atom. The van der Waals surface area contributed by atoms with Crippen LogP contribution >= 0.6 is 0 Å². The van der Waals surface area contributed by atoms with Gasteiger partial charge in [0.05, 0.1) is 16.9 Å². The molecule has 1 aromatic carbocycles. The van der Waals surface area contributed by atoms with Crippen molar-refractivity contribution < 1.29 is 4.42 Å². The van der Waals surface area contributed by atoms with Gasteiger partial charge in [-0.2, -0.15) is 0 Å². The van der Waals surface area contributed by atoms with Gasteiger partial charge in [-0.15, -0.1) is 0 Å². The zero-order chi connectivity index (χ0) is 21.7. The Hall–Kier alpha value is -3.61. The molecule has 4 aromatic heterocycles. The van der Waals surface area contributed by atoms with E-state index < -0.39 is 0 Å². The first-order valence-corrected chi connectivity index (χ1v) is 11.3. The summed E-state index contributed by atoms with van der Waals surface area (Å²) in [6, 6.07) is 8.83. The molecule has 0 atom stereocenters. The lowest BCUT2D eigenvalue weighted by molar-refractivity contribution is 0.353. The molecular weight excluding hydrogens is 404 g/mol. The number of benzene rings is 1. The summed E-state index contributed by atoms with van der Waals surface area (Å²) >= 11 is 0. The van der Waals surface area contributed by atoms with E-state index in [4.69, 9.17) is 4.42 Å². The van der Waals surface area contributed by atoms with E-state index in [1.54, 1.807) is 18.5 Å². The monoisotopic (exact) mass is 428 g/mol. The van der Waals surface area contributed by atoms with Gasteiger partial charge in [-0.25, -0.2) is 0 Å². The van der Waals surface area contributed by atoms with Gasteiger partial charge >= 0.3 is 0 Å². The average Bonchev–Trinajstić information content (AvgIpc) is 3.30. The van der Waals surface area contributed by atoms with Gasteiger partial charge in [0.1, 0.15) is 11.2 Å².